The number of fused-ring (bicyclic) bond motifs is 4. The van der Waals surface area contributed by atoms with Crippen LogP contribution in [-0.2, 0) is 7.05 Å². The molecule has 5 heteroatoms. The molecule has 0 aliphatic carbocycles. The van der Waals surface area contributed by atoms with Gasteiger partial charge in [-0.2, -0.15) is 0 Å². The minimum Gasteiger partial charge on any atom is -0.347 e. The molecule has 0 unspecified atom stereocenters. The highest BCUT2D eigenvalue weighted by molar-refractivity contribution is 7.15. The third kappa shape index (κ3) is 1.93. The van der Waals surface area contributed by atoms with Gasteiger partial charge in [0.15, 0.2) is 4.96 Å². The highest BCUT2D eigenvalue weighted by atomic mass is 32.1. The molecule has 0 aliphatic heterocycles. The molecule has 0 amide bonds. The third-order valence-electron chi connectivity index (χ3n) is 4.87. The largest absolute Gasteiger partial charge is 0.347 e. The number of imidazole rings is 1. The van der Waals surface area contributed by atoms with E-state index in [1.807, 2.05) is 42.5 Å². The van der Waals surface area contributed by atoms with Gasteiger partial charge in [0.1, 0.15) is 0 Å². The van der Waals surface area contributed by atoms with E-state index in [0.717, 1.165) is 32.6 Å². The first-order valence-electron chi connectivity index (χ1n) is 8.11. The van der Waals surface area contributed by atoms with Crippen molar-refractivity contribution in [3.63, 3.8) is 0 Å². The zero-order valence-corrected chi connectivity index (χ0v) is 14.7. The van der Waals surface area contributed by atoms with Crippen molar-refractivity contribution in [2.24, 2.45) is 7.05 Å². The fourth-order valence-electron chi connectivity index (χ4n) is 3.48. The number of aromatic nitrogens is 3. The smallest absolute Gasteiger partial charge is 0.274 e. The van der Waals surface area contributed by atoms with E-state index in [1.54, 1.807) is 4.40 Å². The van der Waals surface area contributed by atoms with E-state index in [1.165, 1.54) is 16.9 Å². The molecule has 0 spiro atoms. The zero-order valence-electron chi connectivity index (χ0n) is 13.9. The number of benzene rings is 2. The second-order valence-electron chi connectivity index (χ2n) is 6.21. The molecule has 0 saturated heterocycles. The molecule has 4 nitrogen and oxygen atoms in total. The normalized spacial score (nSPS) is 12.8. The SMILES string of the molecule is Cc1c(/C=c2\sc3nc4ccccc4n3c2=O)c2ccccc2n1C. The molecular formula is C20H15N3OS. The van der Waals surface area contributed by atoms with Crippen LogP contribution in [0, 0.1) is 6.92 Å². The lowest BCUT2D eigenvalue weighted by Crippen LogP contribution is -2.22. The van der Waals surface area contributed by atoms with Crippen molar-refractivity contribution in [1.82, 2.24) is 14.0 Å². The summed E-state index contributed by atoms with van der Waals surface area (Å²) in [5.74, 6) is 0. The Hall–Kier alpha value is -2.92. The van der Waals surface area contributed by atoms with Crippen molar-refractivity contribution in [1.29, 1.82) is 0 Å². The van der Waals surface area contributed by atoms with Gasteiger partial charge in [0, 0.05) is 29.2 Å². The van der Waals surface area contributed by atoms with Crippen LogP contribution in [0.3, 0.4) is 0 Å². The fourth-order valence-corrected chi connectivity index (χ4v) is 4.44. The fraction of sp³-hybridized carbons (Fsp3) is 0.100. The van der Waals surface area contributed by atoms with Crippen LogP contribution in [0.2, 0.25) is 0 Å². The van der Waals surface area contributed by atoms with E-state index in [9.17, 15) is 4.79 Å². The number of hydrogen-bond acceptors (Lipinski definition) is 3. The molecule has 0 saturated carbocycles. The Kier molecular flexibility index (Phi) is 2.91. The minimum absolute atomic E-state index is 0.000958. The number of hydrogen-bond donors (Lipinski definition) is 0. The number of rotatable bonds is 1. The lowest BCUT2D eigenvalue weighted by molar-refractivity contribution is 0.916. The molecule has 0 bridgehead atoms. The first-order valence-corrected chi connectivity index (χ1v) is 8.92. The van der Waals surface area contributed by atoms with E-state index < -0.39 is 0 Å². The summed E-state index contributed by atoms with van der Waals surface area (Å²) in [6.07, 6.45) is 2.01. The maximum atomic E-state index is 13.0. The summed E-state index contributed by atoms with van der Waals surface area (Å²) in [4.78, 5) is 18.3. The molecule has 0 atom stereocenters. The third-order valence-corrected chi connectivity index (χ3v) is 5.84. The van der Waals surface area contributed by atoms with E-state index in [-0.39, 0.29) is 5.56 Å². The Bertz CT molecular complexity index is 1390. The summed E-state index contributed by atoms with van der Waals surface area (Å²) in [6, 6.07) is 16.0. The quantitative estimate of drug-likeness (QED) is 0.468. The lowest BCUT2D eigenvalue weighted by atomic mass is 10.1. The van der Waals surface area contributed by atoms with Gasteiger partial charge in [-0.1, -0.05) is 41.7 Å². The van der Waals surface area contributed by atoms with Gasteiger partial charge in [0.25, 0.3) is 5.56 Å². The Labute approximate surface area is 147 Å². The highest BCUT2D eigenvalue weighted by Crippen LogP contribution is 2.25. The average molecular weight is 345 g/mol. The summed E-state index contributed by atoms with van der Waals surface area (Å²) in [5, 5.41) is 1.16. The summed E-state index contributed by atoms with van der Waals surface area (Å²) in [6.45, 7) is 2.09. The van der Waals surface area contributed by atoms with Gasteiger partial charge in [0.2, 0.25) is 0 Å². The van der Waals surface area contributed by atoms with Crippen LogP contribution in [-0.4, -0.2) is 14.0 Å². The molecule has 5 aromatic rings. The molecule has 2 aromatic carbocycles. The number of thiazole rings is 1. The van der Waals surface area contributed by atoms with Crippen LogP contribution in [0.1, 0.15) is 11.3 Å². The molecule has 5 rings (SSSR count). The molecule has 0 aliphatic rings. The number of nitrogens with zero attached hydrogens (tertiary/aromatic N) is 3. The van der Waals surface area contributed by atoms with Crippen LogP contribution in [0.25, 0.3) is 33.0 Å². The summed E-state index contributed by atoms with van der Waals surface area (Å²) in [7, 11) is 2.06. The van der Waals surface area contributed by atoms with E-state index in [4.69, 9.17) is 0 Å². The molecular weight excluding hydrogens is 330 g/mol. The zero-order chi connectivity index (χ0) is 17.1. The van der Waals surface area contributed by atoms with Gasteiger partial charge < -0.3 is 4.57 Å². The summed E-state index contributed by atoms with van der Waals surface area (Å²) < 4.78 is 4.60. The number of para-hydroxylation sites is 3. The van der Waals surface area contributed by atoms with Crippen molar-refractivity contribution >= 4 is 44.3 Å². The first kappa shape index (κ1) is 14.4. The molecule has 25 heavy (non-hydrogen) atoms. The topological polar surface area (TPSA) is 39.3 Å². The van der Waals surface area contributed by atoms with Crippen LogP contribution in [0.4, 0.5) is 0 Å². The molecule has 3 heterocycles. The van der Waals surface area contributed by atoms with E-state index in [2.05, 4.69) is 35.7 Å². The van der Waals surface area contributed by atoms with Crippen LogP contribution >= 0.6 is 11.3 Å². The maximum Gasteiger partial charge on any atom is 0.274 e. The highest BCUT2D eigenvalue weighted by Gasteiger charge is 2.13. The van der Waals surface area contributed by atoms with Crippen LogP contribution < -0.4 is 10.1 Å². The van der Waals surface area contributed by atoms with Crippen molar-refractivity contribution < 1.29 is 0 Å². The van der Waals surface area contributed by atoms with Crippen molar-refractivity contribution in [2.75, 3.05) is 0 Å². The van der Waals surface area contributed by atoms with Gasteiger partial charge >= 0.3 is 0 Å². The van der Waals surface area contributed by atoms with Gasteiger partial charge in [-0.05, 0) is 31.2 Å². The Morgan fingerprint density at radius 3 is 2.60 bits per heavy atom. The first-order chi connectivity index (χ1) is 12.1. The monoisotopic (exact) mass is 345 g/mol. The number of aryl methyl sites for hydroxylation is 1. The second-order valence-corrected chi connectivity index (χ2v) is 7.22. The van der Waals surface area contributed by atoms with Gasteiger partial charge in [-0.3, -0.25) is 4.79 Å². The molecule has 0 fully saturated rings. The predicted octanol–water partition coefficient (Wildman–Crippen LogP) is 3.26. The van der Waals surface area contributed by atoms with E-state index in [0.29, 0.717) is 4.53 Å². The van der Waals surface area contributed by atoms with Crippen molar-refractivity contribution in [2.45, 2.75) is 6.92 Å². The summed E-state index contributed by atoms with van der Waals surface area (Å²) >= 11 is 1.45. The Balaban J connectivity index is 1.87. The summed E-state index contributed by atoms with van der Waals surface area (Å²) in [5.41, 5.74) is 5.15. The van der Waals surface area contributed by atoms with Gasteiger partial charge in [-0.15, -0.1) is 0 Å². The lowest BCUT2D eigenvalue weighted by Gasteiger charge is -1.97. The van der Waals surface area contributed by atoms with Crippen LogP contribution in [0.5, 0.6) is 0 Å². The van der Waals surface area contributed by atoms with Gasteiger partial charge in [-0.25, -0.2) is 9.38 Å². The molecule has 0 N–H and O–H groups in total. The van der Waals surface area contributed by atoms with Crippen LogP contribution in [0.15, 0.2) is 53.3 Å². The second kappa shape index (κ2) is 5.04. The molecule has 3 aromatic heterocycles. The van der Waals surface area contributed by atoms with Crippen molar-refractivity contribution in [3.8, 4) is 0 Å². The van der Waals surface area contributed by atoms with Gasteiger partial charge in [0.05, 0.1) is 15.6 Å². The Morgan fingerprint density at radius 2 is 1.76 bits per heavy atom. The molecule has 0 radical (unpaired) electrons. The minimum atomic E-state index is 0.000958. The standard InChI is InChI=1S/C20H15N3OS/c1-12-14(13-7-3-5-9-16(13)22(12)2)11-18-19(24)23-17-10-6-4-8-15(17)21-20(23)25-18/h3-11H,1-2H3/b18-11-. The van der Waals surface area contributed by atoms with E-state index >= 15 is 0 Å². The molecule has 122 valence electrons. The maximum absolute atomic E-state index is 13.0. The van der Waals surface area contributed by atoms with Crippen molar-refractivity contribution in [3.05, 3.63) is 74.7 Å². The average Bonchev–Trinajstić information content (AvgIpc) is 3.22. The predicted molar refractivity (Wildman–Crippen MR) is 103 cm³/mol. The Morgan fingerprint density at radius 1 is 1.04 bits per heavy atom.